The molecular formula is C13H25NS. The minimum absolute atomic E-state index is 0.331. The van der Waals surface area contributed by atoms with Crippen molar-refractivity contribution < 1.29 is 0 Å². The Kier molecular flexibility index (Phi) is 2.67. The molecule has 1 saturated heterocycles. The van der Waals surface area contributed by atoms with Crippen molar-refractivity contribution in [2.24, 2.45) is 11.3 Å². The number of thioether (sulfide) groups is 1. The Morgan fingerprint density at radius 3 is 2.27 bits per heavy atom. The van der Waals surface area contributed by atoms with Gasteiger partial charge in [-0.3, -0.25) is 5.32 Å². The maximum absolute atomic E-state index is 3.89. The van der Waals surface area contributed by atoms with E-state index in [0.717, 1.165) is 5.92 Å². The van der Waals surface area contributed by atoms with Gasteiger partial charge in [0.05, 0.1) is 4.87 Å². The third kappa shape index (κ3) is 2.52. The molecule has 88 valence electrons. The van der Waals surface area contributed by atoms with Crippen molar-refractivity contribution in [1.29, 1.82) is 0 Å². The van der Waals surface area contributed by atoms with E-state index >= 15 is 0 Å². The molecular weight excluding hydrogens is 202 g/mol. The topological polar surface area (TPSA) is 12.0 Å². The third-order valence-electron chi connectivity index (χ3n) is 3.62. The van der Waals surface area contributed by atoms with Gasteiger partial charge in [0.2, 0.25) is 0 Å². The van der Waals surface area contributed by atoms with Crippen LogP contribution in [-0.4, -0.2) is 16.2 Å². The molecule has 2 rings (SSSR count). The highest BCUT2D eigenvalue weighted by Gasteiger charge is 2.49. The minimum atomic E-state index is 0.331. The SMILES string of the molecule is CC1CC(C)(C)CC2(C1)NC(C)(C)CS2. The quantitative estimate of drug-likeness (QED) is 0.678. The van der Waals surface area contributed by atoms with Crippen LogP contribution in [0.3, 0.4) is 0 Å². The van der Waals surface area contributed by atoms with Crippen LogP contribution in [0.15, 0.2) is 0 Å². The molecule has 1 spiro atoms. The van der Waals surface area contributed by atoms with Gasteiger partial charge in [-0.2, -0.15) is 0 Å². The van der Waals surface area contributed by atoms with Crippen LogP contribution in [0.4, 0.5) is 0 Å². The maximum Gasteiger partial charge on any atom is 0.0657 e. The Balaban J connectivity index is 2.16. The summed E-state index contributed by atoms with van der Waals surface area (Å²) in [5.41, 5.74) is 0.843. The molecule has 2 unspecified atom stereocenters. The molecule has 0 aromatic heterocycles. The second-order valence-corrected chi connectivity index (χ2v) is 8.51. The van der Waals surface area contributed by atoms with Gasteiger partial charge in [0.25, 0.3) is 0 Å². The lowest BCUT2D eigenvalue weighted by molar-refractivity contribution is 0.126. The Morgan fingerprint density at radius 2 is 1.80 bits per heavy atom. The summed E-state index contributed by atoms with van der Waals surface area (Å²) in [7, 11) is 0. The molecule has 2 aliphatic rings. The fourth-order valence-corrected chi connectivity index (χ4v) is 5.66. The normalized spacial score (nSPS) is 43.4. The van der Waals surface area contributed by atoms with Crippen LogP contribution in [0.2, 0.25) is 0 Å². The van der Waals surface area contributed by atoms with Crippen molar-refractivity contribution in [3.05, 3.63) is 0 Å². The fraction of sp³-hybridized carbons (Fsp3) is 1.00. The fourth-order valence-electron chi connectivity index (χ4n) is 3.71. The van der Waals surface area contributed by atoms with Crippen LogP contribution in [0.25, 0.3) is 0 Å². The highest BCUT2D eigenvalue weighted by Crippen LogP contribution is 2.52. The molecule has 2 heteroatoms. The first kappa shape index (κ1) is 11.8. The molecule has 0 radical (unpaired) electrons. The van der Waals surface area contributed by atoms with Crippen LogP contribution >= 0.6 is 11.8 Å². The van der Waals surface area contributed by atoms with Gasteiger partial charge in [0, 0.05) is 11.3 Å². The van der Waals surface area contributed by atoms with Gasteiger partial charge in [-0.1, -0.05) is 20.8 Å². The molecule has 0 aromatic rings. The molecule has 15 heavy (non-hydrogen) atoms. The van der Waals surface area contributed by atoms with Crippen molar-refractivity contribution in [2.75, 3.05) is 5.75 Å². The zero-order chi connectivity index (χ0) is 11.3. The molecule has 0 amide bonds. The average Bonchev–Trinajstić information content (AvgIpc) is 2.20. The molecule has 1 aliphatic heterocycles. The summed E-state index contributed by atoms with van der Waals surface area (Å²) in [6, 6.07) is 0. The lowest BCUT2D eigenvalue weighted by Crippen LogP contribution is -2.52. The molecule has 0 bridgehead atoms. The van der Waals surface area contributed by atoms with E-state index in [1.165, 1.54) is 25.0 Å². The zero-order valence-corrected chi connectivity index (χ0v) is 11.6. The largest absolute Gasteiger partial charge is 0.297 e. The number of rotatable bonds is 0. The second-order valence-electron chi connectivity index (χ2n) is 7.15. The zero-order valence-electron chi connectivity index (χ0n) is 10.8. The summed E-state index contributed by atoms with van der Waals surface area (Å²) in [6.45, 7) is 11.9. The van der Waals surface area contributed by atoms with Crippen molar-refractivity contribution in [3.63, 3.8) is 0 Å². The predicted octanol–water partition coefficient (Wildman–Crippen LogP) is 3.64. The van der Waals surface area contributed by atoms with E-state index in [1.807, 2.05) is 0 Å². The summed E-state index contributed by atoms with van der Waals surface area (Å²) < 4.78 is 0. The summed E-state index contributed by atoms with van der Waals surface area (Å²) >= 11 is 2.17. The third-order valence-corrected chi connectivity index (χ3v) is 5.45. The summed E-state index contributed by atoms with van der Waals surface area (Å²) in [5, 5.41) is 3.89. The van der Waals surface area contributed by atoms with Gasteiger partial charge in [-0.05, 0) is 44.4 Å². The highest BCUT2D eigenvalue weighted by molar-refractivity contribution is 8.01. The van der Waals surface area contributed by atoms with Gasteiger partial charge in [-0.25, -0.2) is 0 Å². The first-order chi connectivity index (χ1) is 6.72. The van der Waals surface area contributed by atoms with Crippen molar-refractivity contribution >= 4 is 11.8 Å². The van der Waals surface area contributed by atoms with Crippen LogP contribution in [0.1, 0.15) is 53.9 Å². The van der Waals surface area contributed by atoms with Crippen LogP contribution < -0.4 is 5.32 Å². The maximum atomic E-state index is 3.89. The van der Waals surface area contributed by atoms with E-state index in [2.05, 4.69) is 51.7 Å². The van der Waals surface area contributed by atoms with Gasteiger partial charge < -0.3 is 0 Å². The van der Waals surface area contributed by atoms with Crippen molar-refractivity contribution in [3.8, 4) is 0 Å². The van der Waals surface area contributed by atoms with E-state index in [9.17, 15) is 0 Å². The van der Waals surface area contributed by atoms with Crippen LogP contribution in [-0.2, 0) is 0 Å². The minimum Gasteiger partial charge on any atom is -0.297 e. The summed E-state index contributed by atoms with van der Waals surface area (Å²) in [4.78, 5) is 0.380. The molecule has 1 heterocycles. The first-order valence-electron chi connectivity index (χ1n) is 6.15. The second kappa shape index (κ2) is 3.40. The molecule has 2 fully saturated rings. The first-order valence-corrected chi connectivity index (χ1v) is 7.14. The Bertz CT molecular complexity index is 259. The van der Waals surface area contributed by atoms with Gasteiger partial charge in [0.15, 0.2) is 0 Å². The van der Waals surface area contributed by atoms with Crippen molar-refractivity contribution in [1.82, 2.24) is 5.32 Å². The number of nitrogens with one attached hydrogen (secondary N) is 1. The lowest BCUT2D eigenvalue weighted by Gasteiger charge is -2.46. The summed E-state index contributed by atoms with van der Waals surface area (Å²) in [6.07, 6.45) is 4.07. The van der Waals surface area contributed by atoms with Crippen molar-refractivity contribution in [2.45, 2.75) is 64.3 Å². The van der Waals surface area contributed by atoms with E-state index in [4.69, 9.17) is 0 Å². The Morgan fingerprint density at radius 1 is 1.13 bits per heavy atom. The number of hydrogen-bond acceptors (Lipinski definition) is 2. The van der Waals surface area contributed by atoms with E-state index < -0.39 is 0 Å². The summed E-state index contributed by atoms with van der Waals surface area (Å²) in [5.74, 6) is 2.12. The Hall–Kier alpha value is 0.310. The monoisotopic (exact) mass is 227 g/mol. The van der Waals surface area contributed by atoms with Gasteiger partial charge in [-0.15, -0.1) is 11.8 Å². The van der Waals surface area contributed by atoms with Gasteiger partial charge in [0.1, 0.15) is 0 Å². The van der Waals surface area contributed by atoms with E-state index in [-0.39, 0.29) is 0 Å². The van der Waals surface area contributed by atoms with E-state index in [1.54, 1.807) is 0 Å². The molecule has 2 atom stereocenters. The molecule has 1 N–H and O–H groups in total. The van der Waals surface area contributed by atoms with Crippen LogP contribution in [0.5, 0.6) is 0 Å². The highest BCUT2D eigenvalue weighted by atomic mass is 32.2. The standard InChI is InChI=1S/C13H25NS/c1-10-6-11(2,3)8-13(7-10)14-12(4,5)9-15-13/h10,14H,6-9H2,1-5H3. The molecule has 1 aliphatic carbocycles. The van der Waals surface area contributed by atoms with Crippen LogP contribution in [0, 0.1) is 11.3 Å². The Labute approximate surface area is 98.8 Å². The molecule has 1 saturated carbocycles. The smallest absolute Gasteiger partial charge is 0.0657 e. The van der Waals surface area contributed by atoms with E-state index in [0.29, 0.717) is 15.8 Å². The lowest BCUT2D eigenvalue weighted by atomic mass is 9.70. The number of hydrogen-bond donors (Lipinski definition) is 1. The predicted molar refractivity (Wildman–Crippen MR) is 69.2 cm³/mol. The average molecular weight is 227 g/mol. The molecule has 1 nitrogen and oxygen atoms in total. The molecule has 0 aromatic carbocycles. The van der Waals surface area contributed by atoms with Gasteiger partial charge >= 0.3 is 0 Å².